The molecule has 0 aromatic carbocycles. The molecule has 0 radical (unpaired) electrons. The van der Waals surface area contributed by atoms with Crippen LogP contribution >= 0.6 is 11.3 Å². The maximum absolute atomic E-state index is 4.45. The zero-order valence-electron chi connectivity index (χ0n) is 14.4. The van der Waals surface area contributed by atoms with E-state index in [1.54, 1.807) is 11.3 Å². The van der Waals surface area contributed by atoms with Crippen LogP contribution in [0.2, 0.25) is 0 Å². The van der Waals surface area contributed by atoms with Gasteiger partial charge in [-0.1, -0.05) is 18.2 Å². The largest absolute Gasteiger partial charge is 0.301 e. The first-order valence-electron chi connectivity index (χ1n) is 8.77. The quantitative estimate of drug-likeness (QED) is 0.704. The summed E-state index contributed by atoms with van der Waals surface area (Å²) < 4.78 is 1.92. The zero-order chi connectivity index (χ0) is 17.1. The van der Waals surface area contributed by atoms with Crippen molar-refractivity contribution in [2.45, 2.75) is 26.3 Å². The van der Waals surface area contributed by atoms with Crippen LogP contribution in [-0.4, -0.2) is 49.5 Å². The predicted molar refractivity (Wildman–Crippen MR) is 99.2 cm³/mol. The molecule has 7 heteroatoms. The van der Waals surface area contributed by atoms with E-state index < -0.39 is 0 Å². The number of aromatic nitrogens is 5. The number of hydrogen-bond donors (Lipinski definition) is 0. The number of piperidine rings is 1. The summed E-state index contributed by atoms with van der Waals surface area (Å²) in [7, 11) is 0. The topological polar surface area (TPSA) is 59.7 Å². The van der Waals surface area contributed by atoms with Crippen LogP contribution in [0, 0.1) is 5.92 Å². The Morgan fingerprint density at radius 3 is 2.88 bits per heavy atom. The average Bonchev–Trinajstić information content (AvgIpc) is 3.32. The molecule has 0 aliphatic carbocycles. The van der Waals surface area contributed by atoms with Crippen LogP contribution < -0.4 is 0 Å². The number of hydrogen-bond acceptors (Lipinski definition) is 6. The fraction of sp³-hybridized carbons (Fsp3) is 0.444. The van der Waals surface area contributed by atoms with Gasteiger partial charge in [0.2, 0.25) is 0 Å². The molecule has 0 spiro atoms. The highest BCUT2D eigenvalue weighted by molar-refractivity contribution is 7.13. The molecule has 3 aromatic heterocycles. The van der Waals surface area contributed by atoms with E-state index in [2.05, 4.69) is 32.1 Å². The van der Waals surface area contributed by atoms with Crippen molar-refractivity contribution in [3.63, 3.8) is 0 Å². The molecule has 1 aliphatic rings. The Kier molecular flexibility index (Phi) is 4.85. The second-order valence-corrected chi connectivity index (χ2v) is 7.64. The van der Waals surface area contributed by atoms with E-state index in [-0.39, 0.29) is 0 Å². The number of thiophene rings is 1. The summed E-state index contributed by atoms with van der Waals surface area (Å²) in [4.78, 5) is 12.5. The van der Waals surface area contributed by atoms with Crippen molar-refractivity contribution in [2.24, 2.45) is 5.92 Å². The lowest BCUT2D eigenvalue weighted by Gasteiger charge is -2.30. The minimum atomic E-state index is 0.755. The first-order chi connectivity index (χ1) is 12.3. The molecule has 130 valence electrons. The van der Waals surface area contributed by atoms with Crippen LogP contribution in [0.15, 0.2) is 36.1 Å². The van der Waals surface area contributed by atoms with Crippen molar-refractivity contribution in [1.82, 2.24) is 29.9 Å². The first-order valence-corrected chi connectivity index (χ1v) is 9.65. The van der Waals surface area contributed by atoms with Gasteiger partial charge in [0.15, 0.2) is 5.82 Å². The monoisotopic (exact) mass is 354 g/mol. The van der Waals surface area contributed by atoms with Crippen LogP contribution in [0.3, 0.4) is 0 Å². The Hall–Kier alpha value is -2.12. The number of nitrogens with zero attached hydrogens (tertiary/aromatic N) is 6. The highest BCUT2D eigenvalue weighted by Crippen LogP contribution is 2.22. The van der Waals surface area contributed by atoms with Gasteiger partial charge in [0.05, 0.1) is 17.6 Å². The Morgan fingerprint density at radius 1 is 1.24 bits per heavy atom. The minimum Gasteiger partial charge on any atom is -0.301 e. The first kappa shape index (κ1) is 16.4. The lowest BCUT2D eigenvalue weighted by Crippen LogP contribution is -2.36. The molecule has 4 heterocycles. The van der Waals surface area contributed by atoms with Crippen molar-refractivity contribution in [1.29, 1.82) is 0 Å². The zero-order valence-corrected chi connectivity index (χ0v) is 15.2. The van der Waals surface area contributed by atoms with Gasteiger partial charge in [-0.2, -0.15) is 0 Å². The van der Waals surface area contributed by atoms with E-state index in [0.717, 1.165) is 41.0 Å². The third-order valence-corrected chi connectivity index (χ3v) is 5.48. The normalized spacial score (nSPS) is 18.5. The van der Waals surface area contributed by atoms with Gasteiger partial charge in [-0.3, -0.25) is 4.68 Å². The van der Waals surface area contributed by atoms with E-state index in [9.17, 15) is 0 Å². The summed E-state index contributed by atoms with van der Waals surface area (Å²) in [6.45, 7) is 6.62. The van der Waals surface area contributed by atoms with Gasteiger partial charge < -0.3 is 4.90 Å². The Bertz CT molecular complexity index is 795. The molecule has 1 saturated heterocycles. The maximum atomic E-state index is 4.45. The third kappa shape index (κ3) is 3.93. The van der Waals surface area contributed by atoms with Crippen LogP contribution in [0.25, 0.3) is 22.0 Å². The summed E-state index contributed by atoms with van der Waals surface area (Å²) in [6, 6.07) is 4.03. The van der Waals surface area contributed by atoms with Crippen molar-refractivity contribution < 1.29 is 0 Å². The highest BCUT2D eigenvalue weighted by atomic mass is 32.1. The molecular weight excluding hydrogens is 332 g/mol. The second kappa shape index (κ2) is 7.41. The molecule has 6 nitrogen and oxygen atoms in total. The molecular formula is C18H22N6S. The van der Waals surface area contributed by atoms with Gasteiger partial charge in [0, 0.05) is 31.0 Å². The van der Waals surface area contributed by atoms with E-state index in [0.29, 0.717) is 0 Å². The molecule has 1 fully saturated rings. The van der Waals surface area contributed by atoms with Crippen LogP contribution in [0.1, 0.15) is 19.8 Å². The van der Waals surface area contributed by atoms with Crippen molar-refractivity contribution in [3.8, 4) is 22.0 Å². The molecule has 25 heavy (non-hydrogen) atoms. The molecule has 0 amide bonds. The Morgan fingerprint density at radius 2 is 2.12 bits per heavy atom. The van der Waals surface area contributed by atoms with Crippen molar-refractivity contribution in [3.05, 3.63) is 36.1 Å². The van der Waals surface area contributed by atoms with Gasteiger partial charge >= 0.3 is 0 Å². The van der Waals surface area contributed by atoms with Crippen LogP contribution in [0.5, 0.6) is 0 Å². The molecule has 0 saturated carbocycles. The molecule has 1 atom stereocenters. The molecule has 1 aliphatic heterocycles. The number of likely N-dealkylation sites (tertiary alicyclic amines) is 1. The highest BCUT2D eigenvalue weighted by Gasteiger charge is 2.16. The van der Waals surface area contributed by atoms with Gasteiger partial charge in [-0.15, -0.1) is 16.4 Å². The van der Waals surface area contributed by atoms with Crippen molar-refractivity contribution >= 4 is 11.3 Å². The standard InChI is InChI=1S/C18H22N6S/c1-14-4-2-6-23(12-14)7-8-24-13-16(21-22-24)15-10-19-18(20-11-15)17-5-3-9-25-17/h3,5,9-11,13-14H,2,4,6-8,12H2,1H3. The Balaban J connectivity index is 1.39. The summed E-state index contributed by atoms with van der Waals surface area (Å²) in [5, 5.41) is 10.6. The lowest BCUT2D eigenvalue weighted by molar-refractivity contribution is 0.176. The van der Waals surface area contributed by atoms with Gasteiger partial charge in [0.25, 0.3) is 0 Å². The van der Waals surface area contributed by atoms with Gasteiger partial charge in [0.1, 0.15) is 5.69 Å². The molecule has 4 rings (SSSR count). The van der Waals surface area contributed by atoms with Crippen LogP contribution in [0.4, 0.5) is 0 Å². The molecule has 0 bridgehead atoms. The van der Waals surface area contributed by atoms with Gasteiger partial charge in [-0.05, 0) is 36.8 Å². The lowest BCUT2D eigenvalue weighted by atomic mass is 10.0. The van der Waals surface area contributed by atoms with Crippen molar-refractivity contribution in [2.75, 3.05) is 19.6 Å². The van der Waals surface area contributed by atoms with Gasteiger partial charge in [-0.25, -0.2) is 9.97 Å². The summed E-state index contributed by atoms with van der Waals surface area (Å²) in [6.07, 6.45) is 8.28. The third-order valence-electron chi connectivity index (χ3n) is 4.61. The smallest absolute Gasteiger partial charge is 0.169 e. The molecule has 3 aromatic rings. The van der Waals surface area contributed by atoms with E-state index in [4.69, 9.17) is 0 Å². The fourth-order valence-electron chi connectivity index (χ4n) is 3.27. The average molecular weight is 354 g/mol. The van der Waals surface area contributed by atoms with E-state index in [1.165, 1.54) is 25.9 Å². The summed E-state index contributed by atoms with van der Waals surface area (Å²) >= 11 is 1.64. The number of rotatable bonds is 5. The predicted octanol–water partition coefficient (Wildman–Crippen LogP) is 3.20. The Labute approximate surface area is 151 Å². The second-order valence-electron chi connectivity index (χ2n) is 6.69. The summed E-state index contributed by atoms with van der Waals surface area (Å²) in [5.41, 5.74) is 1.72. The van der Waals surface area contributed by atoms with E-state index >= 15 is 0 Å². The minimum absolute atomic E-state index is 0.755. The fourth-order valence-corrected chi connectivity index (χ4v) is 3.94. The maximum Gasteiger partial charge on any atom is 0.169 e. The van der Waals surface area contributed by atoms with E-state index in [1.807, 2.05) is 40.8 Å². The SMILES string of the molecule is CC1CCCN(CCn2cc(-c3cnc(-c4cccs4)nc3)nn2)C1. The summed E-state index contributed by atoms with van der Waals surface area (Å²) in [5.74, 6) is 1.56. The molecule has 0 N–H and O–H groups in total. The van der Waals surface area contributed by atoms with Crippen LogP contribution in [-0.2, 0) is 6.54 Å². The molecule has 1 unspecified atom stereocenters.